The quantitative estimate of drug-likeness (QED) is 0.616. The van der Waals surface area contributed by atoms with Crippen molar-refractivity contribution in [1.82, 2.24) is 0 Å². The van der Waals surface area contributed by atoms with Crippen LogP contribution in [0, 0.1) is 0 Å². The summed E-state index contributed by atoms with van der Waals surface area (Å²) in [5.41, 5.74) is 0. The van der Waals surface area contributed by atoms with E-state index in [9.17, 15) is 0 Å². The summed E-state index contributed by atoms with van der Waals surface area (Å²) in [6.45, 7) is 1.13. The molecule has 0 radical (unpaired) electrons. The molecular formula is C20H20O3S2Si. The third kappa shape index (κ3) is 3.54. The SMILES string of the molecule is C1=CC(O[Si](C2=CCOC=C2)(C2=CCSC=C2)C2=CCSC=C2)=CCO1. The lowest BCUT2D eigenvalue weighted by Gasteiger charge is -2.38. The van der Waals surface area contributed by atoms with Gasteiger partial charge in [0.2, 0.25) is 0 Å². The highest BCUT2D eigenvalue weighted by atomic mass is 32.2. The molecule has 4 rings (SSSR count). The smallest absolute Gasteiger partial charge is 0.346 e. The van der Waals surface area contributed by atoms with Gasteiger partial charge in [0, 0.05) is 17.6 Å². The summed E-state index contributed by atoms with van der Waals surface area (Å²) in [7, 11) is -2.64. The van der Waals surface area contributed by atoms with Crippen LogP contribution in [0.3, 0.4) is 0 Å². The van der Waals surface area contributed by atoms with E-state index < -0.39 is 8.32 Å². The van der Waals surface area contributed by atoms with Crippen LogP contribution >= 0.6 is 23.5 Å². The molecule has 0 spiro atoms. The van der Waals surface area contributed by atoms with Crippen LogP contribution < -0.4 is 0 Å². The molecule has 3 nitrogen and oxygen atoms in total. The van der Waals surface area contributed by atoms with E-state index in [1.54, 1.807) is 12.5 Å². The van der Waals surface area contributed by atoms with Crippen molar-refractivity contribution in [2.75, 3.05) is 24.7 Å². The van der Waals surface area contributed by atoms with E-state index in [0.29, 0.717) is 13.2 Å². The minimum Gasteiger partial charge on any atom is -0.530 e. The molecule has 0 bridgehead atoms. The van der Waals surface area contributed by atoms with E-state index in [1.165, 1.54) is 15.6 Å². The van der Waals surface area contributed by atoms with Crippen LogP contribution in [0.25, 0.3) is 0 Å². The van der Waals surface area contributed by atoms with E-state index in [1.807, 2.05) is 35.7 Å². The zero-order valence-corrected chi connectivity index (χ0v) is 16.9. The largest absolute Gasteiger partial charge is 0.530 e. The van der Waals surface area contributed by atoms with Crippen molar-refractivity contribution in [2.45, 2.75) is 0 Å². The van der Waals surface area contributed by atoms with Crippen molar-refractivity contribution in [3.8, 4) is 0 Å². The Balaban J connectivity index is 1.86. The van der Waals surface area contributed by atoms with E-state index in [4.69, 9.17) is 13.9 Å². The van der Waals surface area contributed by atoms with Gasteiger partial charge in [-0.25, -0.2) is 0 Å². The molecule has 134 valence electrons. The molecule has 0 unspecified atom stereocenters. The van der Waals surface area contributed by atoms with Gasteiger partial charge in [-0.05, 0) is 44.6 Å². The third-order valence-electron chi connectivity index (χ3n) is 4.43. The van der Waals surface area contributed by atoms with E-state index in [0.717, 1.165) is 17.3 Å². The second kappa shape index (κ2) is 8.29. The molecule has 0 aromatic heterocycles. The first-order valence-corrected chi connectivity index (χ1v) is 12.5. The molecule has 0 atom stereocenters. The molecule has 6 heteroatoms. The number of rotatable bonds is 5. The van der Waals surface area contributed by atoms with Crippen LogP contribution in [0.15, 0.2) is 93.3 Å². The average molecular weight is 401 g/mol. The van der Waals surface area contributed by atoms with Gasteiger partial charge in [0.05, 0.1) is 12.5 Å². The highest BCUT2D eigenvalue weighted by Gasteiger charge is 2.47. The Bertz CT molecular complexity index is 721. The first kappa shape index (κ1) is 17.6. The van der Waals surface area contributed by atoms with Crippen molar-refractivity contribution >= 4 is 31.8 Å². The second-order valence-corrected chi connectivity index (χ2v) is 11.1. The molecule has 0 aromatic carbocycles. The van der Waals surface area contributed by atoms with Crippen LogP contribution in [-0.2, 0) is 13.9 Å². The minimum atomic E-state index is -2.64. The van der Waals surface area contributed by atoms with Gasteiger partial charge in [-0.2, -0.15) is 0 Å². The summed E-state index contributed by atoms with van der Waals surface area (Å²) in [6.07, 6.45) is 20.8. The van der Waals surface area contributed by atoms with Crippen LogP contribution in [0.5, 0.6) is 0 Å². The highest BCUT2D eigenvalue weighted by molar-refractivity contribution is 8.02. The zero-order chi connectivity index (χ0) is 17.7. The number of allylic oxidation sites excluding steroid dienone is 7. The lowest BCUT2D eigenvalue weighted by molar-refractivity contribution is 0.272. The highest BCUT2D eigenvalue weighted by Crippen LogP contribution is 2.40. The summed E-state index contributed by atoms with van der Waals surface area (Å²) in [5.74, 6) is 2.83. The molecule has 0 amide bonds. The summed E-state index contributed by atoms with van der Waals surface area (Å²) in [4.78, 5) is 0. The molecule has 0 aromatic rings. The second-order valence-electron chi connectivity index (χ2n) is 5.91. The van der Waals surface area contributed by atoms with Crippen LogP contribution in [-0.4, -0.2) is 33.0 Å². The molecular weight excluding hydrogens is 380 g/mol. The minimum absolute atomic E-state index is 0.545. The molecule has 4 aliphatic heterocycles. The molecule has 0 saturated carbocycles. The van der Waals surface area contributed by atoms with Crippen molar-refractivity contribution in [2.24, 2.45) is 0 Å². The average Bonchev–Trinajstić information content (AvgIpc) is 2.75. The number of hydrogen-bond acceptors (Lipinski definition) is 5. The molecule has 0 aliphatic carbocycles. The maximum absolute atomic E-state index is 6.90. The Morgan fingerprint density at radius 3 is 1.85 bits per heavy atom. The van der Waals surface area contributed by atoms with E-state index in [2.05, 4.69) is 47.3 Å². The standard InChI is InChI=1S/C20H20O3S2Si/c1-9-21-10-2-17(1)23-26(18-3-11-22-12-4-18,19-5-13-24-14-6-19)20-7-15-25-16-8-20/h1-9,11,13,15H,10,12,14,16H2. The summed E-state index contributed by atoms with van der Waals surface area (Å²) in [6, 6.07) is 0. The normalized spacial score (nSPS) is 21.8. The van der Waals surface area contributed by atoms with Crippen LogP contribution in [0.2, 0.25) is 0 Å². The Labute approximate surface area is 163 Å². The number of ether oxygens (including phenoxy) is 2. The molecule has 4 heterocycles. The number of hydrogen-bond donors (Lipinski definition) is 0. The van der Waals surface area contributed by atoms with Crippen LogP contribution in [0.1, 0.15) is 0 Å². The monoisotopic (exact) mass is 400 g/mol. The predicted molar refractivity (Wildman–Crippen MR) is 113 cm³/mol. The zero-order valence-electron chi connectivity index (χ0n) is 14.3. The Morgan fingerprint density at radius 2 is 1.35 bits per heavy atom. The fraction of sp³-hybridized carbons (Fsp3) is 0.200. The lowest BCUT2D eigenvalue weighted by Crippen LogP contribution is -2.46. The Hall–Kier alpha value is -1.76. The molecule has 26 heavy (non-hydrogen) atoms. The van der Waals surface area contributed by atoms with Gasteiger partial charge in [0.25, 0.3) is 0 Å². The first-order chi connectivity index (χ1) is 12.9. The molecule has 0 N–H and O–H groups in total. The Kier molecular flexibility index (Phi) is 5.62. The summed E-state index contributed by atoms with van der Waals surface area (Å²) < 4.78 is 17.7. The maximum atomic E-state index is 6.90. The van der Waals surface area contributed by atoms with Gasteiger partial charge >= 0.3 is 8.32 Å². The summed E-state index contributed by atoms with van der Waals surface area (Å²) >= 11 is 3.62. The molecule has 0 fully saturated rings. The third-order valence-corrected chi connectivity index (χ3v) is 9.90. The van der Waals surface area contributed by atoms with Crippen molar-refractivity contribution in [1.29, 1.82) is 0 Å². The van der Waals surface area contributed by atoms with Crippen molar-refractivity contribution in [3.05, 3.63) is 93.3 Å². The van der Waals surface area contributed by atoms with E-state index in [-0.39, 0.29) is 0 Å². The predicted octanol–water partition coefficient (Wildman–Crippen LogP) is 4.84. The summed E-state index contributed by atoms with van der Waals surface area (Å²) in [5, 5.41) is 8.17. The van der Waals surface area contributed by atoms with Gasteiger partial charge in [0.15, 0.2) is 0 Å². The van der Waals surface area contributed by atoms with Gasteiger partial charge in [-0.15, -0.1) is 23.5 Å². The topological polar surface area (TPSA) is 27.7 Å². The fourth-order valence-corrected chi connectivity index (χ4v) is 8.97. The van der Waals surface area contributed by atoms with E-state index >= 15 is 0 Å². The van der Waals surface area contributed by atoms with Gasteiger partial charge in [0.1, 0.15) is 19.0 Å². The Morgan fingerprint density at radius 1 is 0.731 bits per heavy atom. The first-order valence-electron chi connectivity index (χ1n) is 8.53. The lowest BCUT2D eigenvalue weighted by atomic mass is 10.4. The molecule has 0 saturated heterocycles. The van der Waals surface area contributed by atoms with Gasteiger partial charge in [-0.3, -0.25) is 0 Å². The number of thioether (sulfide) groups is 2. The van der Waals surface area contributed by atoms with Crippen molar-refractivity contribution < 1.29 is 13.9 Å². The maximum Gasteiger partial charge on any atom is 0.346 e. The van der Waals surface area contributed by atoms with Crippen LogP contribution in [0.4, 0.5) is 0 Å². The van der Waals surface area contributed by atoms with Gasteiger partial charge in [-0.1, -0.05) is 24.3 Å². The fourth-order valence-electron chi connectivity index (χ4n) is 3.23. The molecule has 4 aliphatic rings. The van der Waals surface area contributed by atoms with Crippen molar-refractivity contribution in [3.63, 3.8) is 0 Å². The van der Waals surface area contributed by atoms with Gasteiger partial charge < -0.3 is 13.9 Å².